The zero-order valence-electron chi connectivity index (χ0n) is 13.1. The molecule has 1 unspecified atom stereocenters. The van der Waals surface area contributed by atoms with Gasteiger partial charge in [-0.1, -0.05) is 0 Å². The predicted molar refractivity (Wildman–Crippen MR) is 101 cm³/mol. The lowest BCUT2D eigenvalue weighted by molar-refractivity contribution is 0.114. The molecule has 1 heterocycles. The molecule has 0 saturated carbocycles. The summed E-state index contributed by atoms with van der Waals surface area (Å²) in [5.41, 5.74) is 0. The Morgan fingerprint density at radius 3 is 2.90 bits per heavy atom. The molecule has 1 fully saturated rings. The number of guanidine groups is 1. The van der Waals surface area contributed by atoms with E-state index in [1.165, 1.54) is 12.2 Å². The summed E-state index contributed by atoms with van der Waals surface area (Å²) in [6, 6.07) is 0. The number of ether oxygens (including phenoxy) is 1. The molecule has 0 aromatic carbocycles. The fourth-order valence-electron chi connectivity index (χ4n) is 2.27. The van der Waals surface area contributed by atoms with E-state index < -0.39 is 0 Å². The molecule has 120 valence electrons. The number of halogens is 1. The van der Waals surface area contributed by atoms with Crippen molar-refractivity contribution >= 4 is 41.7 Å². The highest BCUT2D eigenvalue weighted by Crippen LogP contribution is 2.16. The molecule has 0 bridgehead atoms. The maximum Gasteiger partial charge on any atom is 0.193 e. The summed E-state index contributed by atoms with van der Waals surface area (Å²) < 4.78 is 5.53. The van der Waals surface area contributed by atoms with Crippen LogP contribution < -0.4 is 5.32 Å². The minimum absolute atomic E-state index is 0. The molecule has 0 spiro atoms. The van der Waals surface area contributed by atoms with Crippen molar-refractivity contribution in [2.24, 2.45) is 10.9 Å². The van der Waals surface area contributed by atoms with E-state index in [1.807, 2.05) is 11.8 Å². The minimum Gasteiger partial charge on any atom is -0.381 e. The fourth-order valence-corrected chi connectivity index (χ4v) is 2.68. The maximum absolute atomic E-state index is 5.53. The molecule has 1 aliphatic heterocycles. The average Bonchev–Trinajstić information content (AvgIpc) is 2.88. The van der Waals surface area contributed by atoms with Crippen LogP contribution in [0.4, 0.5) is 0 Å². The normalized spacial score (nSPS) is 19.1. The number of likely N-dealkylation sites (tertiary alicyclic amines) is 1. The Balaban J connectivity index is 0.00000361. The van der Waals surface area contributed by atoms with E-state index in [9.17, 15) is 0 Å². The summed E-state index contributed by atoms with van der Waals surface area (Å²) in [5.74, 6) is 2.94. The summed E-state index contributed by atoms with van der Waals surface area (Å²) in [5, 5.41) is 3.41. The largest absolute Gasteiger partial charge is 0.381 e. The van der Waals surface area contributed by atoms with Gasteiger partial charge in [-0.3, -0.25) is 4.99 Å². The minimum atomic E-state index is 0. The molecule has 20 heavy (non-hydrogen) atoms. The summed E-state index contributed by atoms with van der Waals surface area (Å²) in [6.45, 7) is 9.94. The number of thioether (sulfide) groups is 1. The highest BCUT2D eigenvalue weighted by Gasteiger charge is 2.24. The first-order valence-corrected chi connectivity index (χ1v) is 8.81. The molecule has 0 radical (unpaired) electrons. The third kappa shape index (κ3) is 7.93. The summed E-state index contributed by atoms with van der Waals surface area (Å²) >= 11 is 1.89. The van der Waals surface area contributed by atoms with Gasteiger partial charge >= 0.3 is 0 Å². The van der Waals surface area contributed by atoms with Gasteiger partial charge in [0.15, 0.2) is 5.96 Å². The SMILES string of the molecule is CCNC(=NCCCSC)N1CCC(COCC)C1.I. The highest BCUT2D eigenvalue weighted by atomic mass is 127. The van der Waals surface area contributed by atoms with Crippen LogP contribution >= 0.6 is 35.7 Å². The molecule has 1 aliphatic rings. The lowest BCUT2D eigenvalue weighted by Gasteiger charge is -2.21. The number of hydrogen-bond donors (Lipinski definition) is 1. The molecular weight excluding hydrogens is 385 g/mol. The van der Waals surface area contributed by atoms with Gasteiger partial charge in [0.2, 0.25) is 0 Å². The number of aliphatic imine (C=N–C) groups is 1. The van der Waals surface area contributed by atoms with E-state index in [0.29, 0.717) is 5.92 Å². The van der Waals surface area contributed by atoms with Crippen molar-refractivity contribution in [1.82, 2.24) is 10.2 Å². The van der Waals surface area contributed by atoms with Crippen LogP contribution in [0.5, 0.6) is 0 Å². The quantitative estimate of drug-likeness (QED) is 0.286. The predicted octanol–water partition coefficient (Wildman–Crippen LogP) is 2.68. The molecule has 0 amide bonds. The van der Waals surface area contributed by atoms with Gasteiger partial charge < -0.3 is 15.0 Å². The van der Waals surface area contributed by atoms with Crippen molar-refractivity contribution < 1.29 is 4.74 Å². The number of nitrogens with one attached hydrogen (secondary N) is 1. The van der Waals surface area contributed by atoms with E-state index in [4.69, 9.17) is 9.73 Å². The topological polar surface area (TPSA) is 36.9 Å². The number of nitrogens with zero attached hydrogens (tertiary/aromatic N) is 2. The number of hydrogen-bond acceptors (Lipinski definition) is 3. The second-order valence-corrected chi connectivity index (χ2v) is 5.83. The summed E-state index contributed by atoms with van der Waals surface area (Å²) in [7, 11) is 0. The highest BCUT2D eigenvalue weighted by molar-refractivity contribution is 14.0. The first kappa shape index (κ1) is 20.3. The van der Waals surface area contributed by atoms with Gasteiger partial charge in [-0.2, -0.15) is 11.8 Å². The number of rotatable bonds is 8. The van der Waals surface area contributed by atoms with E-state index in [1.54, 1.807) is 0 Å². The standard InChI is InChI=1S/C14H29N3OS.HI/c1-4-15-14(16-8-6-10-19-3)17-9-7-13(11-17)12-18-5-2;/h13H,4-12H2,1-3H3,(H,15,16);1H. The van der Waals surface area contributed by atoms with Crippen molar-refractivity contribution in [2.45, 2.75) is 26.7 Å². The van der Waals surface area contributed by atoms with Crippen LogP contribution in [0.25, 0.3) is 0 Å². The second kappa shape index (κ2) is 13.0. The molecule has 0 aliphatic carbocycles. The fraction of sp³-hybridized carbons (Fsp3) is 0.929. The summed E-state index contributed by atoms with van der Waals surface area (Å²) in [6.07, 6.45) is 4.52. The Labute approximate surface area is 145 Å². The molecule has 1 N–H and O–H groups in total. The van der Waals surface area contributed by atoms with Crippen LogP contribution in [0.1, 0.15) is 26.7 Å². The van der Waals surface area contributed by atoms with Crippen molar-refractivity contribution in [1.29, 1.82) is 0 Å². The van der Waals surface area contributed by atoms with Crippen LogP contribution in [-0.2, 0) is 4.74 Å². The molecule has 0 aromatic heterocycles. The van der Waals surface area contributed by atoms with Gasteiger partial charge in [0.25, 0.3) is 0 Å². The van der Waals surface area contributed by atoms with E-state index in [0.717, 1.165) is 51.8 Å². The van der Waals surface area contributed by atoms with Crippen LogP contribution in [0.3, 0.4) is 0 Å². The van der Waals surface area contributed by atoms with E-state index in [2.05, 4.69) is 30.3 Å². The Bertz CT molecular complexity index is 267. The van der Waals surface area contributed by atoms with Crippen LogP contribution in [-0.4, -0.2) is 62.3 Å². The van der Waals surface area contributed by atoms with E-state index in [-0.39, 0.29) is 24.0 Å². The maximum atomic E-state index is 5.53. The lowest BCUT2D eigenvalue weighted by atomic mass is 10.1. The van der Waals surface area contributed by atoms with E-state index >= 15 is 0 Å². The second-order valence-electron chi connectivity index (χ2n) is 4.84. The smallest absolute Gasteiger partial charge is 0.193 e. The van der Waals surface area contributed by atoms with Crippen LogP contribution in [0.2, 0.25) is 0 Å². The van der Waals surface area contributed by atoms with Gasteiger partial charge in [-0.05, 0) is 38.7 Å². The molecule has 0 aromatic rings. The van der Waals surface area contributed by atoms with Crippen LogP contribution in [0.15, 0.2) is 4.99 Å². The Morgan fingerprint density at radius 2 is 2.25 bits per heavy atom. The zero-order valence-corrected chi connectivity index (χ0v) is 16.2. The lowest BCUT2D eigenvalue weighted by Crippen LogP contribution is -2.40. The molecule has 6 heteroatoms. The van der Waals surface area contributed by atoms with Gasteiger partial charge in [0, 0.05) is 38.7 Å². The Morgan fingerprint density at radius 1 is 1.45 bits per heavy atom. The summed E-state index contributed by atoms with van der Waals surface area (Å²) in [4.78, 5) is 7.11. The Kier molecular flexibility index (Phi) is 13.2. The molecule has 1 saturated heterocycles. The zero-order chi connectivity index (χ0) is 13.9. The average molecular weight is 415 g/mol. The van der Waals surface area contributed by atoms with Gasteiger partial charge in [-0.25, -0.2) is 0 Å². The first-order valence-electron chi connectivity index (χ1n) is 7.41. The molecule has 4 nitrogen and oxygen atoms in total. The van der Waals surface area contributed by atoms with Crippen molar-refractivity contribution in [3.8, 4) is 0 Å². The Hall–Kier alpha value is 0.310. The molecular formula is C14H30IN3OS. The van der Waals surface area contributed by atoms with Crippen molar-refractivity contribution in [2.75, 3.05) is 51.4 Å². The van der Waals surface area contributed by atoms with Gasteiger partial charge in [0.05, 0.1) is 6.61 Å². The molecule has 1 rings (SSSR count). The third-order valence-corrected chi connectivity index (χ3v) is 3.94. The monoisotopic (exact) mass is 415 g/mol. The van der Waals surface area contributed by atoms with Gasteiger partial charge in [-0.15, -0.1) is 24.0 Å². The first-order chi connectivity index (χ1) is 9.31. The van der Waals surface area contributed by atoms with Gasteiger partial charge in [0.1, 0.15) is 0 Å². The third-order valence-electron chi connectivity index (χ3n) is 3.25. The molecule has 1 atom stereocenters. The van der Waals surface area contributed by atoms with Crippen molar-refractivity contribution in [3.05, 3.63) is 0 Å². The van der Waals surface area contributed by atoms with Crippen LogP contribution in [0, 0.1) is 5.92 Å². The van der Waals surface area contributed by atoms with Crippen molar-refractivity contribution in [3.63, 3.8) is 0 Å².